The number of piperazine rings is 1. The molecule has 3 N–H and O–H groups in total. The van der Waals surface area contributed by atoms with Crippen molar-refractivity contribution in [2.24, 2.45) is 0 Å². The lowest BCUT2D eigenvalue weighted by molar-refractivity contribution is 0.0955. The highest BCUT2D eigenvalue weighted by molar-refractivity contribution is 7.17. The highest BCUT2D eigenvalue weighted by Gasteiger charge is 2.17. The number of ether oxygens (including phenoxy) is 1. The average molecular weight is 559 g/mol. The van der Waals surface area contributed by atoms with E-state index in [9.17, 15) is 4.79 Å². The van der Waals surface area contributed by atoms with Crippen molar-refractivity contribution in [3.05, 3.63) is 88.9 Å². The monoisotopic (exact) mass is 558 g/mol. The number of carbonyl (C=O) groups excluding carboxylic acids is 1. The summed E-state index contributed by atoms with van der Waals surface area (Å²) in [6.45, 7) is 6.20. The summed E-state index contributed by atoms with van der Waals surface area (Å²) in [4.78, 5) is 28.1. The van der Waals surface area contributed by atoms with Gasteiger partial charge < -0.3 is 20.5 Å². The van der Waals surface area contributed by atoms with Crippen molar-refractivity contribution in [1.82, 2.24) is 25.1 Å². The zero-order chi connectivity index (χ0) is 27.7. The lowest BCUT2D eigenvalue weighted by atomic mass is 10.1. The molecule has 1 aliphatic rings. The molecule has 208 valence electrons. The van der Waals surface area contributed by atoms with Crippen LogP contribution in [0.15, 0.2) is 72.9 Å². The smallest absolute Gasteiger partial charge is 0.261 e. The summed E-state index contributed by atoms with van der Waals surface area (Å²) < 4.78 is 5.25. The first kappa shape index (κ1) is 27.7. The quantitative estimate of drug-likeness (QED) is 0.254. The van der Waals surface area contributed by atoms with Crippen LogP contribution in [0.25, 0.3) is 10.6 Å². The van der Waals surface area contributed by atoms with E-state index in [2.05, 4.69) is 37.6 Å². The summed E-state index contributed by atoms with van der Waals surface area (Å²) >= 11 is 1.40. The number of benzene rings is 2. The van der Waals surface area contributed by atoms with E-state index in [-0.39, 0.29) is 12.5 Å². The zero-order valence-electron chi connectivity index (χ0n) is 22.5. The molecule has 2 aromatic heterocycles. The third kappa shape index (κ3) is 7.42. The molecular formula is C30H34N6O3S. The molecule has 4 aromatic rings. The molecule has 5 rings (SSSR count). The van der Waals surface area contributed by atoms with E-state index in [0.717, 1.165) is 66.8 Å². The van der Waals surface area contributed by atoms with Crippen molar-refractivity contribution >= 4 is 28.9 Å². The SMILES string of the molecule is COc1cccc(CNC(=O)c2ccc(-c3ccnc(Nc4cccc(CN5CCN(CCO)CC5)c4)n3)s2)c1. The van der Waals surface area contributed by atoms with Crippen LogP contribution in [0.5, 0.6) is 5.75 Å². The maximum atomic E-state index is 12.8. The Labute approximate surface area is 238 Å². The standard InChI is InChI=1S/C30H34N6O3S/c1-39-25-7-3-4-22(19-25)20-32-29(38)28-9-8-27(40-28)26-10-11-31-30(34-26)33-24-6-2-5-23(18-24)21-36-14-12-35(13-15-36)16-17-37/h2-11,18-19,37H,12-17,20-21H2,1H3,(H,32,38)(H,31,33,34). The van der Waals surface area contributed by atoms with Gasteiger partial charge in [0.05, 0.1) is 29.2 Å². The first-order valence-electron chi connectivity index (χ1n) is 13.4. The zero-order valence-corrected chi connectivity index (χ0v) is 23.4. The highest BCUT2D eigenvalue weighted by Crippen LogP contribution is 2.28. The predicted molar refractivity (Wildman–Crippen MR) is 158 cm³/mol. The van der Waals surface area contributed by atoms with Crippen molar-refractivity contribution in [2.75, 3.05) is 51.8 Å². The number of rotatable bonds is 11. The number of anilines is 2. The minimum Gasteiger partial charge on any atom is -0.497 e. The van der Waals surface area contributed by atoms with Crippen molar-refractivity contribution in [3.8, 4) is 16.3 Å². The Morgan fingerprint density at radius 1 is 1.00 bits per heavy atom. The minimum atomic E-state index is -0.127. The topological polar surface area (TPSA) is 103 Å². The second-order valence-electron chi connectivity index (χ2n) is 9.63. The van der Waals surface area contributed by atoms with Gasteiger partial charge in [0.1, 0.15) is 5.75 Å². The van der Waals surface area contributed by atoms with E-state index in [1.807, 2.05) is 54.6 Å². The van der Waals surface area contributed by atoms with E-state index in [4.69, 9.17) is 14.8 Å². The van der Waals surface area contributed by atoms with Crippen molar-refractivity contribution < 1.29 is 14.6 Å². The number of amides is 1. The highest BCUT2D eigenvalue weighted by atomic mass is 32.1. The molecule has 0 radical (unpaired) electrons. The van der Waals surface area contributed by atoms with Crippen LogP contribution in [0, 0.1) is 0 Å². The van der Waals surface area contributed by atoms with Crippen molar-refractivity contribution in [2.45, 2.75) is 13.1 Å². The molecule has 2 aromatic carbocycles. The maximum Gasteiger partial charge on any atom is 0.261 e. The van der Waals surface area contributed by atoms with Crippen LogP contribution in [-0.2, 0) is 13.1 Å². The fraction of sp³-hybridized carbons (Fsp3) is 0.300. The Kier molecular flexibility index (Phi) is 9.35. The van der Waals surface area contributed by atoms with Crippen LogP contribution in [0.1, 0.15) is 20.8 Å². The Morgan fingerprint density at radius 2 is 1.80 bits per heavy atom. The molecule has 3 heterocycles. The number of aliphatic hydroxyl groups is 1. The van der Waals surface area contributed by atoms with Gasteiger partial charge in [0.2, 0.25) is 5.95 Å². The summed E-state index contributed by atoms with van der Waals surface area (Å²) in [7, 11) is 1.63. The van der Waals surface area contributed by atoms with Gasteiger partial charge in [-0.3, -0.25) is 14.6 Å². The molecule has 0 bridgehead atoms. The number of hydrogen-bond acceptors (Lipinski definition) is 9. The molecule has 9 nitrogen and oxygen atoms in total. The van der Waals surface area contributed by atoms with Crippen molar-refractivity contribution in [3.63, 3.8) is 0 Å². The van der Waals surface area contributed by atoms with E-state index in [1.54, 1.807) is 13.3 Å². The Hall–Kier alpha value is -3.83. The van der Waals surface area contributed by atoms with Gasteiger partial charge in [0.15, 0.2) is 0 Å². The normalized spacial score (nSPS) is 14.2. The molecule has 0 unspecified atom stereocenters. The van der Waals surface area contributed by atoms with Gasteiger partial charge in [-0.05, 0) is 53.6 Å². The number of hydrogen-bond donors (Lipinski definition) is 3. The van der Waals surface area contributed by atoms with Gasteiger partial charge >= 0.3 is 0 Å². The van der Waals surface area contributed by atoms with Gasteiger partial charge in [-0.15, -0.1) is 11.3 Å². The minimum absolute atomic E-state index is 0.127. The largest absolute Gasteiger partial charge is 0.497 e. The van der Waals surface area contributed by atoms with E-state index >= 15 is 0 Å². The van der Waals surface area contributed by atoms with E-state index in [1.165, 1.54) is 16.9 Å². The van der Waals surface area contributed by atoms with Gasteiger partial charge in [-0.1, -0.05) is 24.3 Å². The Balaban J connectivity index is 1.18. The van der Waals surface area contributed by atoms with Crippen LogP contribution < -0.4 is 15.4 Å². The fourth-order valence-corrected chi connectivity index (χ4v) is 5.54. The number of aromatic nitrogens is 2. The van der Waals surface area contributed by atoms with Gasteiger partial charge in [-0.25, -0.2) is 9.97 Å². The molecular weight excluding hydrogens is 524 g/mol. The first-order valence-corrected chi connectivity index (χ1v) is 14.2. The third-order valence-electron chi connectivity index (χ3n) is 6.80. The molecule has 1 amide bonds. The van der Waals surface area contributed by atoms with Crippen LogP contribution in [0.2, 0.25) is 0 Å². The van der Waals surface area contributed by atoms with Crippen LogP contribution in [-0.4, -0.2) is 77.2 Å². The van der Waals surface area contributed by atoms with Crippen LogP contribution >= 0.6 is 11.3 Å². The molecule has 10 heteroatoms. The summed E-state index contributed by atoms with van der Waals surface area (Å²) in [5.41, 5.74) is 3.88. The molecule has 0 atom stereocenters. The van der Waals surface area contributed by atoms with Gasteiger partial charge in [0.25, 0.3) is 5.91 Å². The second kappa shape index (κ2) is 13.5. The number of methoxy groups -OCH3 is 1. The Bertz CT molecular complexity index is 1420. The summed E-state index contributed by atoms with van der Waals surface area (Å²) in [5.74, 6) is 1.14. The number of aliphatic hydroxyl groups excluding tert-OH is 1. The molecule has 0 spiro atoms. The number of nitrogens with one attached hydrogen (secondary N) is 2. The second-order valence-corrected chi connectivity index (χ2v) is 10.7. The lowest BCUT2D eigenvalue weighted by Crippen LogP contribution is -2.46. The number of β-amino-alcohol motifs (C(OH)–C–C–N with tert-alkyl or cyclic N) is 1. The van der Waals surface area contributed by atoms with Crippen molar-refractivity contribution in [1.29, 1.82) is 0 Å². The third-order valence-corrected chi connectivity index (χ3v) is 7.90. The fourth-order valence-electron chi connectivity index (χ4n) is 4.65. The van der Waals surface area contributed by atoms with Crippen LogP contribution in [0.3, 0.4) is 0 Å². The predicted octanol–water partition coefficient (Wildman–Crippen LogP) is 4.00. The lowest BCUT2D eigenvalue weighted by Gasteiger charge is -2.34. The number of nitrogens with zero attached hydrogens (tertiary/aromatic N) is 4. The van der Waals surface area contributed by atoms with E-state index < -0.39 is 0 Å². The Morgan fingerprint density at radius 3 is 2.62 bits per heavy atom. The molecule has 1 fully saturated rings. The maximum absolute atomic E-state index is 12.8. The molecule has 40 heavy (non-hydrogen) atoms. The molecule has 0 aliphatic carbocycles. The molecule has 0 saturated carbocycles. The van der Waals surface area contributed by atoms with Gasteiger partial charge in [-0.2, -0.15) is 0 Å². The van der Waals surface area contributed by atoms with E-state index in [0.29, 0.717) is 17.4 Å². The summed E-state index contributed by atoms with van der Waals surface area (Å²) in [6, 6.07) is 21.5. The molecule has 1 saturated heterocycles. The average Bonchev–Trinajstić information content (AvgIpc) is 3.48. The molecule has 1 aliphatic heterocycles. The summed E-state index contributed by atoms with van der Waals surface area (Å²) in [6.07, 6.45) is 1.72. The van der Waals surface area contributed by atoms with Crippen LogP contribution in [0.4, 0.5) is 11.6 Å². The summed E-state index contributed by atoms with van der Waals surface area (Å²) in [5, 5.41) is 15.5. The van der Waals surface area contributed by atoms with Gasteiger partial charge in [0, 0.05) is 57.7 Å². The first-order chi connectivity index (χ1) is 19.6. The number of thiophene rings is 1. The number of carbonyl (C=O) groups is 1.